The van der Waals surface area contributed by atoms with Crippen molar-refractivity contribution in [3.8, 4) is 11.1 Å². The molecule has 0 aliphatic rings. The number of hydrogen-bond donors (Lipinski definition) is 0. The molecule has 0 spiro atoms. The van der Waals surface area contributed by atoms with Crippen LogP contribution in [0, 0.1) is 0 Å². The van der Waals surface area contributed by atoms with E-state index in [2.05, 4.69) is 13.2 Å². The van der Waals surface area contributed by atoms with Gasteiger partial charge in [-0.3, -0.25) is 0 Å². The Bertz CT molecular complexity index is 781. The van der Waals surface area contributed by atoms with Crippen LogP contribution in [0.1, 0.15) is 22.3 Å². The van der Waals surface area contributed by atoms with E-state index >= 15 is 0 Å². The molecule has 24 heavy (non-hydrogen) atoms. The molecule has 0 aliphatic carbocycles. The fourth-order valence-electron chi connectivity index (χ4n) is 2.26. The third-order valence-corrected chi connectivity index (χ3v) is 3.41. The van der Waals surface area contributed by atoms with Crippen LogP contribution in [-0.4, -0.2) is 0 Å². The van der Waals surface area contributed by atoms with Gasteiger partial charge in [0.15, 0.2) is 0 Å². The molecule has 0 saturated heterocycles. The Hall–Kier alpha value is -2.50. The smallest absolute Gasteiger partial charge is 0.166 e. The Morgan fingerprint density at radius 1 is 0.708 bits per heavy atom. The summed E-state index contributed by atoms with van der Waals surface area (Å²) >= 11 is 0. The number of alkyl halides is 6. The Balaban J connectivity index is 2.79. The van der Waals surface area contributed by atoms with Crippen molar-refractivity contribution in [2.24, 2.45) is 0 Å². The van der Waals surface area contributed by atoms with Crippen molar-refractivity contribution in [3.05, 3.63) is 71.8 Å². The van der Waals surface area contributed by atoms with Gasteiger partial charge in [0.1, 0.15) is 0 Å². The predicted molar refractivity (Wildman–Crippen MR) is 82.1 cm³/mol. The summed E-state index contributed by atoms with van der Waals surface area (Å²) in [6.45, 7) is 6.86. The number of halogens is 6. The van der Waals surface area contributed by atoms with Gasteiger partial charge in [0, 0.05) is 0 Å². The lowest BCUT2D eigenvalue weighted by molar-refractivity contribution is -0.137. The molecule has 6 heteroatoms. The maximum atomic E-state index is 13.2. The molecule has 2 rings (SSSR count). The van der Waals surface area contributed by atoms with Crippen molar-refractivity contribution in [3.63, 3.8) is 0 Å². The summed E-state index contributed by atoms with van der Waals surface area (Å²) < 4.78 is 78.7. The van der Waals surface area contributed by atoms with E-state index in [1.807, 2.05) is 0 Å². The molecule has 0 fully saturated rings. The van der Waals surface area contributed by atoms with Crippen LogP contribution in [0.4, 0.5) is 26.3 Å². The van der Waals surface area contributed by atoms with Crippen molar-refractivity contribution < 1.29 is 26.3 Å². The topological polar surface area (TPSA) is 0 Å². The molecule has 0 bridgehead atoms. The van der Waals surface area contributed by atoms with Gasteiger partial charge < -0.3 is 0 Å². The standard InChI is InChI=1S/C18H12F6/c1-3-11-5-6-16(18(22,23)24)15(9-11)13-7-12(4-2)8-14(10-13)17(19,20)21/h3-10H,1-2H2. The molecule has 0 unspecified atom stereocenters. The second-order valence-corrected chi connectivity index (χ2v) is 5.05. The fourth-order valence-corrected chi connectivity index (χ4v) is 2.26. The lowest BCUT2D eigenvalue weighted by atomic mass is 9.93. The number of hydrogen-bond acceptors (Lipinski definition) is 0. The van der Waals surface area contributed by atoms with Gasteiger partial charge >= 0.3 is 12.4 Å². The summed E-state index contributed by atoms with van der Waals surface area (Å²) in [6, 6.07) is 5.98. The zero-order chi connectivity index (χ0) is 18.1. The second-order valence-electron chi connectivity index (χ2n) is 5.05. The SMILES string of the molecule is C=Cc1cc(-c2cc(C=C)ccc2C(F)(F)F)cc(C(F)(F)F)c1. The zero-order valence-electron chi connectivity index (χ0n) is 12.3. The van der Waals surface area contributed by atoms with E-state index in [0.717, 1.165) is 24.3 Å². The summed E-state index contributed by atoms with van der Waals surface area (Å²) in [7, 11) is 0. The van der Waals surface area contributed by atoms with Gasteiger partial charge in [-0.2, -0.15) is 26.3 Å². The molecular formula is C18H12F6. The third kappa shape index (κ3) is 3.69. The molecule has 2 aromatic rings. The Morgan fingerprint density at radius 2 is 1.33 bits per heavy atom. The first-order valence-electron chi connectivity index (χ1n) is 6.75. The quantitative estimate of drug-likeness (QED) is 0.546. The maximum Gasteiger partial charge on any atom is 0.417 e. The van der Waals surface area contributed by atoms with Gasteiger partial charge in [-0.25, -0.2) is 0 Å². The Kier molecular flexibility index (Phi) is 4.60. The van der Waals surface area contributed by atoms with Gasteiger partial charge in [-0.05, 0) is 52.6 Å². The van der Waals surface area contributed by atoms with Crippen LogP contribution >= 0.6 is 0 Å². The highest BCUT2D eigenvalue weighted by Gasteiger charge is 2.35. The minimum absolute atomic E-state index is 0.0805. The van der Waals surface area contributed by atoms with Crippen molar-refractivity contribution in [2.45, 2.75) is 12.4 Å². The molecule has 0 nitrogen and oxygen atoms in total. The Labute approximate surface area is 134 Å². The molecule has 0 atom stereocenters. The van der Waals surface area contributed by atoms with Crippen LogP contribution in [0.25, 0.3) is 23.3 Å². The van der Waals surface area contributed by atoms with Crippen molar-refractivity contribution >= 4 is 12.2 Å². The summed E-state index contributed by atoms with van der Waals surface area (Å²) in [5.41, 5.74) is -2.12. The van der Waals surface area contributed by atoms with Crippen LogP contribution in [0.5, 0.6) is 0 Å². The van der Waals surface area contributed by atoms with Crippen molar-refractivity contribution in [1.29, 1.82) is 0 Å². The van der Waals surface area contributed by atoms with Crippen LogP contribution in [0.2, 0.25) is 0 Å². The first kappa shape index (κ1) is 17.8. The van der Waals surface area contributed by atoms with E-state index in [1.54, 1.807) is 0 Å². The van der Waals surface area contributed by atoms with E-state index in [1.165, 1.54) is 18.2 Å². The highest BCUT2D eigenvalue weighted by atomic mass is 19.4. The van der Waals surface area contributed by atoms with Gasteiger partial charge in [0.25, 0.3) is 0 Å². The van der Waals surface area contributed by atoms with E-state index in [-0.39, 0.29) is 16.7 Å². The van der Waals surface area contributed by atoms with Crippen LogP contribution in [-0.2, 0) is 12.4 Å². The van der Waals surface area contributed by atoms with E-state index in [0.29, 0.717) is 11.6 Å². The summed E-state index contributed by atoms with van der Waals surface area (Å²) in [6.07, 6.45) is -6.89. The van der Waals surface area contributed by atoms with Gasteiger partial charge in [-0.1, -0.05) is 31.4 Å². The fraction of sp³-hybridized carbons (Fsp3) is 0.111. The largest absolute Gasteiger partial charge is 0.417 e. The van der Waals surface area contributed by atoms with E-state index < -0.39 is 23.5 Å². The lowest BCUT2D eigenvalue weighted by Gasteiger charge is -2.16. The third-order valence-electron chi connectivity index (χ3n) is 3.41. The summed E-state index contributed by atoms with van der Waals surface area (Å²) in [5, 5.41) is 0. The summed E-state index contributed by atoms with van der Waals surface area (Å²) in [4.78, 5) is 0. The molecule has 2 aromatic carbocycles. The maximum absolute atomic E-state index is 13.2. The molecule has 0 radical (unpaired) electrons. The van der Waals surface area contributed by atoms with Crippen LogP contribution in [0.15, 0.2) is 49.6 Å². The van der Waals surface area contributed by atoms with Crippen LogP contribution < -0.4 is 0 Å². The minimum atomic E-state index is -4.70. The molecule has 0 N–H and O–H groups in total. The molecule has 0 aromatic heterocycles. The number of rotatable bonds is 3. The predicted octanol–water partition coefficient (Wildman–Crippen LogP) is 6.68. The lowest BCUT2D eigenvalue weighted by Crippen LogP contribution is -2.09. The normalized spacial score (nSPS) is 12.1. The average Bonchev–Trinajstić information content (AvgIpc) is 2.52. The van der Waals surface area contributed by atoms with Crippen molar-refractivity contribution in [1.82, 2.24) is 0 Å². The molecule has 0 heterocycles. The highest BCUT2D eigenvalue weighted by molar-refractivity contribution is 5.74. The minimum Gasteiger partial charge on any atom is -0.166 e. The van der Waals surface area contributed by atoms with Gasteiger partial charge in [0.2, 0.25) is 0 Å². The average molecular weight is 342 g/mol. The first-order valence-corrected chi connectivity index (χ1v) is 6.75. The van der Waals surface area contributed by atoms with Gasteiger partial charge in [-0.15, -0.1) is 0 Å². The second kappa shape index (κ2) is 6.19. The van der Waals surface area contributed by atoms with Crippen molar-refractivity contribution in [2.75, 3.05) is 0 Å². The highest BCUT2D eigenvalue weighted by Crippen LogP contribution is 2.40. The van der Waals surface area contributed by atoms with E-state index in [4.69, 9.17) is 0 Å². The molecule has 0 aliphatic heterocycles. The monoisotopic (exact) mass is 342 g/mol. The Morgan fingerprint density at radius 3 is 1.83 bits per heavy atom. The molecule has 126 valence electrons. The molecule has 0 amide bonds. The first-order chi connectivity index (χ1) is 11.1. The van der Waals surface area contributed by atoms with Gasteiger partial charge in [0.05, 0.1) is 11.1 Å². The van der Waals surface area contributed by atoms with E-state index in [9.17, 15) is 26.3 Å². The number of benzene rings is 2. The molecule has 0 saturated carbocycles. The molecular weight excluding hydrogens is 330 g/mol. The summed E-state index contributed by atoms with van der Waals surface area (Å²) in [5.74, 6) is 0. The van der Waals surface area contributed by atoms with Crippen LogP contribution in [0.3, 0.4) is 0 Å². The zero-order valence-corrected chi connectivity index (χ0v) is 12.3.